The van der Waals surface area contributed by atoms with Gasteiger partial charge in [-0.05, 0) is 30.3 Å². The highest BCUT2D eigenvalue weighted by molar-refractivity contribution is 6.34. The van der Waals surface area contributed by atoms with Crippen molar-refractivity contribution in [3.05, 3.63) is 77.3 Å². The number of hydrogen-bond acceptors (Lipinski definition) is 6. The van der Waals surface area contributed by atoms with Crippen molar-refractivity contribution < 1.29 is 14.3 Å². The molecular formula is C26H23ClN4O3. The van der Waals surface area contributed by atoms with Crippen molar-refractivity contribution in [1.29, 1.82) is 0 Å². The maximum atomic E-state index is 13.1. The maximum absolute atomic E-state index is 13.1. The number of amides is 1. The summed E-state index contributed by atoms with van der Waals surface area (Å²) in [7, 11) is 1.58. The van der Waals surface area contributed by atoms with Gasteiger partial charge in [-0.3, -0.25) is 4.79 Å². The third-order valence-corrected chi connectivity index (χ3v) is 6.16. The molecule has 7 nitrogen and oxygen atoms in total. The molecule has 34 heavy (non-hydrogen) atoms. The van der Waals surface area contributed by atoms with Crippen LogP contribution in [0.25, 0.3) is 22.0 Å². The molecule has 1 amide bonds. The van der Waals surface area contributed by atoms with E-state index >= 15 is 0 Å². The molecule has 4 aromatic rings. The fraction of sp³-hybridized carbons (Fsp3) is 0.192. The Labute approximate surface area is 202 Å². The second-order valence-electron chi connectivity index (χ2n) is 7.87. The largest absolute Gasteiger partial charge is 0.479 e. The maximum Gasteiger partial charge on any atom is 0.257 e. The van der Waals surface area contributed by atoms with Crippen LogP contribution in [0.5, 0.6) is 5.88 Å². The zero-order chi connectivity index (χ0) is 23.5. The molecule has 0 radical (unpaired) electrons. The standard InChI is InChI=1S/C26H23ClN4O3/c1-33-26-19-7-3-2-6-18(19)24(29-30-26)17-10-11-23(31-12-14-34-15-13-31)22(16-17)28-25(32)20-8-4-5-9-21(20)27/h2-11,16H,12-15H2,1H3,(H,28,32). The van der Waals surface area contributed by atoms with Crippen molar-refractivity contribution in [3.63, 3.8) is 0 Å². The van der Waals surface area contributed by atoms with E-state index in [0.717, 1.165) is 35.1 Å². The smallest absolute Gasteiger partial charge is 0.257 e. The second kappa shape index (κ2) is 9.67. The fourth-order valence-electron chi connectivity index (χ4n) is 4.14. The van der Waals surface area contributed by atoms with Gasteiger partial charge >= 0.3 is 0 Å². The Balaban J connectivity index is 1.60. The van der Waals surface area contributed by atoms with Crippen LogP contribution < -0.4 is 15.0 Å². The Morgan fingerprint density at radius 1 is 1.00 bits per heavy atom. The van der Waals surface area contributed by atoms with E-state index in [9.17, 15) is 4.79 Å². The molecular weight excluding hydrogens is 452 g/mol. The first-order chi connectivity index (χ1) is 16.7. The van der Waals surface area contributed by atoms with Gasteiger partial charge < -0.3 is 19.7 Å². The van der Waals surface area contributed by atoms with Crippen molar-refractivity contribution in [2.45, 2.75) is 0 Å². The van der Waals surface area contributed by atoms with Crippen LogP contribution in [-0.2, 0) is 4.74 Å². The minimum absolute atomic E-state index is 0.275. The van der Waals surface area contributed by atoms with Gasteiger partial charge in [0.1, 0.15) is 5.69 Å². The first-order valence-corrected chi connectivity index (χ1v) is 11.4. The lowest BCUT2D eigenvalue weighted by atomic mass is 10.0. The number of nitrogens with one attached hydrogen (secondary N) is 1. The summed E-state index contributed by atoms with van der Waals surface area (Å²) in [5.74, 6) is 0.194. The van der Waals surface area contributed by atoms with Crippen LogP contribution in [-0.4, -0.2) is 49.5 Å². The van der Waals surface area contributed by atoms with Gasteiger partial charge in [-0.25, -0.2) is 0 Å². The van der Waals surface area contributed by atoms with Gasteiger partial charge in [0.15, 0.2) is 0 Å². The third-order valence-electron chi connectivity index (χ3n) is 5.84. The molecule has 1 saturated heterocycles. The minimum atomic E-state index is -0.275. The average molecular weight is 475 g/mol. The molecule has 3 aromatic carbocycles. The summed E-state index contributed by atoms with van der Waals surface area (Å²) in [5.41, 5.74) is 3.54. The molecule has 172 valence electrons. The van der Waals surface area contributed by atoms with E-state index in [0.29, 0.717) is 41.1 Å². The predicted molar refractivity (Wildman–Crippen MR) is 134 cm³/mol. The van der Waals surface area contributed by atoms with E-state index in [1.165, 1.54) is 0 Å². The van der Waals surface area contributed by atoms with E-state index in [2.05, 4.69) is 20.4 Å². The SMILES string of the molecule is COc1nnc(-c2ccc(N3CCOCC3)c(NC(=O)c3ccccc3Cl)c2)c2ccccc12. The number of carbonyl (C=O) groups is 1. The second-order valence-corrected chi connectivity index (χ2v) is 8.28. The molecule has 5 rings (SSSR count). The van der Waals surface area contributed by atoms with Crippen molar-refractivity contribution in [2.75, 3.05) is 43.6 Å². The molecule has 1 aliphatic rings. The number of benzene rings is 3. The summed E-state index contributed by atoms with van der Waals surface area (Å²) in [5, 5.41) is 13.9. The third kappa shape index (κ3) is 4.27. The summed E-state index contributed by atoms with van der Waals surface area (Å²) in [6, 6.07) is 20.8. The number of anilines is 2. The zero-order valence-corrected chi connectivity index (χ0v) is 19.4. The Hall–Kier alpha value is -3.68. The van der Waals surface area contributed by atoms with Crippen LogP contribution in [0, 0.1) is 0 Å². The van der Waals surface area contributed by atoms with Crippen LogP contribution in [0.3, 0.4) is 0 Å². The van der Waals surface area contributed by atoms with Gasteiger partial charge in [0, 0.05) is 29.4 Å². The number of aromatic nitrogens is 2. The number of halogens is 1. The van der Waals surface area contributed by atoms with Crippen LogP contribution in [0.15, 0.2) is 66.7 Å². The lowest BCUT2D eigenvalue weighted by molar-refractivity contribution is 0.102. The number of fused-ring (bicyclic) bond motifs is 1. The minimum Gasteiger partial charge on any atom is -0.479 e. The highest BCUT2D eigenvalue weighted by Crippen LogP contribution is 2.36. The summed E-state index contributed by atoms with van der Waals surface area (Å²) >= 11 is 6.28. The molecule has 1 fully saturated rings. The Morgan fingerprint density at radius 2 is 1.74 bits per heavy atom. The van der Waals surface area contributed by atoms with Crippen LogP contribution in [0.1, 0.15) is 10.4 Å². The molecule has 0 saturated carbocycles. The first kappa shape index (κ1) is 22.1. The van der Waals surface area contributed by atoms with E-state index in [1.807, 2.05) is 42.5 Å². The van der Waals surface area contributed by atoms with E-state index in [4.69, 9.17) is 21.1 Å². The monoisotopic (exact) mass is 474 g/mol. The van der Waals surface area contributed by atoms with Gasteiger partial charge in [0.25, 0.3) is 5.91 Å². The van der Waals surface area contributed by atoms with E-state index in [1.54, 1.807) is 31.4 Å². The molecule has 1 N–H and O–H groups in total. The zero-order valence-electron chi connectivity index (χ0n) is 18.6. The van der Waals surface area contributed by atoms with Gasteiger partial charge in [-0.15, -0.1) is 10.2 Å². The average Bonchev–Trinajstić information content (AvgIpc) is 2.88. The molecule has 8 heteroatoms. The molecule has 1 aliphatic heterocycles. The molecule has 0 bridgehead atoms. The fourth-order valence-corrected chi connectivity index (χ4v) is 4.36. The normalized spacial score (nSPS) is 13.6. The number of ether oxygens (including phenoxy) is 2. The predicted octanol–water partition coefficient (Wildman–Crippen LogP) is 5.05. The summed E-state index contributed by atoms with van der Waals surface area (Å²) in [4.78, 5) is 15.3. The number of nitrogens with zero attached hydrogens (tertiary/aromatic N) is 3. The summed E-state index contributed by atoms with van der Waals surface area (Å²) < 4.78 is 10.9. The van der Waals surface area contributed by atoms with E-state index < -0.39 is 0 Å². The van der Waals surface area contributed by atoms with Gasteiger partial charge in [-0.2, -0.15) is 0 Å². The summed E-state index contributed by atoms with van der Waals surface area (Å²) in [6.07, 6.45) is 0. The van der Waals surface area contributed by atoms with Gasteiger partial charge in [-0.1, -0.05) is 48.0 Å². The van der Waals surface area contributed by atoms with E-state index in [-0.39, 0.29) is 5.91 Å². The number of methoxy groups -OCH3 is 1. The Morgan fingerprint density at radius 3 is 2.50 bits per heavy atom. The van der Waals surface area contributed by atoms with Crippen LogP contribution in [0.2, 0.25) is 5.02 Å². The summed E-state index contributed by atoms with van der Waals surface area (Å²) in [6.45, 7) is 2.74. The molecule has 0 unspecified atom stereocenters. The highest BCUT2D eigenvalue weighted by Gasteiger charge is 2.20. The molecule has 2 heterocycles. The van der Waals surface area contributed by atoms with Crippen molar-refractivity contribution in [1.82, 2.24) is 10.2 Å². The Bertz CT molecular complexity index is 1360. The number of hydrogen-bond donors (Lipinski definition) is 1. The van der Waals surface area contributed by atoms with Crippen LogP contribution in [0.4, 0.5) is 11.4 Å². The topological polar surface area (TPSA) is 76.6 Å². The Kier molecular flexibility index (Phi) is 6.29. The lowest BCUT2D eigenvalue weighted by Crippen LogP contribution is -2.36. The lowest BCUT2D eigenvalue weighted by Gasteiger charge is -2.31. The van der Waals surface area contributed by atoms with Crippen LogP contribution >= 0.6 is 11.6 Å². The number of morpholine rings is 1. The first-order valence-electron chi connectivity index (χ1n) is 11.0. The molecule has 0 atom stereocenters. The quantitative estimate of drug-likeness (QED) is 0.436. The molecule has 1 aromatic heterocycles. The van der Waals surface area contributed by atoms with Crippen molar-refractivity contribution in [2.24, 2.45) is 0 Å². The highest BCUT2D eigenvalue weighted by atomic mass is 35.5. The number of rotatable bonds is 5. The molecule has 0 spiro atoms. The number of carbonyl (C=O) groups excluding carboxylic acids is 1. The van der Waals surface area contributed by atoms with Gasteiger partial charge in [0.2, 0.25) is 5.88 Å². The van der Waals surface area contributed by atoms with Crippen molar-refractivity contribution in [3.8, 4) is 17.1 Å². The van der Waals surface area contributed by atoms with Crippen molar-refractivity contribution >= 4 is 39.7 Å². The van der Waals surface area contributed by atoms with Gasteiger partial charge in [0.05, 0.1) is 42.3 Å². The molecule has 0 aliphatic carbocycles.